The molecular formula is C28H34O3. The second-order valence-corrected chi connectivity index (χ2v) is 9.93. The Morgan fingerprint density at radius 2 is 0.903 bits per heavy atom. The highest BCUT2D eigenvalue weighted by molar-refractivity contribution is 5.54. The minimum absolute atomic E-state index is 0.105. The van der Waals surface area contributed by atoms with Gasteiger partial charge < -0.3 is 15.3 Å². The summed E-state index contributed by atoms with van der Waals surface area (Å²) in [7, 11) is 0. The summed E-state index contributed by atoms with van der Waals surface area (Å²) in [5.41, 5.74) is 8.02. The summed E-state index contributed by atoms with van der Waals surface area (Å²) in [5.74, 6) is 0.782. The lowest BCUT2D eigenvalue weighted by molar-refractivity contribution is 0.454. The van der Waals surface area contributed by atoms with Gasteiger partial charge in [-0.2, -0.15) is 0 Å². The number of aryl methyl sites for hydroxylation is 4. The quantitative estimate of drug-likeness (QED) is 0.452. The van der Waals surface area contributed by atoms with Gasteiger partial charge in [-0.1, -0.05) is 68.3 Å². The van der Waals surface area contributed by atoms with Crippen LogP contribution in [0, 0.1) is 27.7 Å². The molecule has 3 rings (SSSR count). The third-order valence-electron chi connectivity index (χ3n) is 5.94. The molecule has 0 amide bonds. The van der Waals surface area contributed by atoms with Gasteiger partial charge in [0, 0.05) is 12.8 Å². The van der Waals surface area contributed by atoms with Crippen LogP contribution in [0.2, 0.25) is 0 Å². The molecule has 3 aromatic rings. The zero-order valence-corrected chi connectivity index (χ0v) is 19.7. The minimum atomic E-state index is -0.105. The summed E-state index contributed by atoms with van der Waals surface area (Å²) in [6.07, 6.45) is 0.881. The topological polar surface area (TPSA) is 60.7 Å². The van der Waals surface area contributed by atoms with E-state index in [1.54, 1.807) is 0 Å². The lowest BCUT2D eigenvalue weighted by Gasteiger charge is -2.23. The van der Waals surface area contributed by atoms with E-state index in [0.717, 1.165) is 50.1 Å². The first kappa shape index (κ1) is 22.7. The maximum atomic E-state index is 11.2. The van der Waals surface area contributed by atoms with E-state index in [1.165, 1.54) is 0 Å². The molecule has 0 aliphatic heterocycles. The Morgan fingerprint density at radius 3 is 1.26 bits per heavy atom. The van der Waals surface area contributed by atoms with Crippen LogP contribution >= 0.6 is 0 Å². The van der Waals surface area contributed by atoms with Crippen LogP contribution in [0.3, 0.4) is 0 Å². The largest absolute Gasteiger partial charge is 0.507 e. The van der Waals surface area contributed by atoms with Gasteiger partial charge >= 0.3 is 0 Å². The maximum absolute atomic E-state index is 11.2. The normalized spacial score (nSPS) is 11.7. The predicted molar refractivity (Wildman–Crippen MR) is 128 cm³/mol. The Hall–Kier alpha value is -2.94. The summed E-state index contributed by atoms with van der Waals surface area (Å²) >= 11 is 0. The first-order valence-electron chi connectivity index (χ1n) is 10.8. The fraction of sp³-hybridized carbons (Fsp3) is 0.357. The van der Waals surface area contributed by atoms with Gasteiger partial charge in [0.2, 0.25) is 0 Å². The Morgan fingerprint density at radius 1 is 0.548 bits per heavy atom. The molecule has 0 aromatic heterocycles. The van der Waals surface area contributed by atoms with Gasteiger partial charge in [-0.3, -0.25) is 0 Å². The van der Waals surface area contributed by atoms with Gasteiger partial charge in [0.1, 0.15) is 17.2 Å². The van der Waals surface area contributed by atoms with Crippen LogP contribution in [0.25, 0.3) is 0 Å². The van der Waals surface area contributed by atoms with Crippen LogP contribution < -0.4 is 0 Å². The van der Waals surface area contributed by atoms with Crippen LogP contribution in [0.5, 0.6) is 17.2 Å². The third kappa shape index (κ3) is 4.87. The highest BCUT2D eigenvalue weighted by Crippen LogP contribution is 2.37. The summed E-state index contributed by atoms with van der Waals surface area (Å²) in [6, 6.07) is 11.9. The summed E-state index contributed by atoms with van der Waals surface area (Å²) in [5, 5.41) is 32.4. The Bertz CT molecular complexity index is 1050. The minimum Gasteiger partial charge on any atom is -0.507 e. The fourth-order valence-corrected chi connectivity index (χ4v) is 4.24. The van der Waals surface area contributed by atoms with Crippen molar-refractivity contribution >= 4 is 0 Å². The Labute approximate surface area is 186 Å². The van der Waals surface area contributed by atoms with Crippen molar-refractivity contribution in [2.24, 2.45) is 0 Å². The van der Waals surface area contributed by atoms with Gasteiger partial charge in [0.05, 0.1) is 0 Å². The third-order valence-corrected chi connectivity index (χ3v) is 5.94. The van der Waals surface area contributed by atoms with Crippen molar-refractivity contribution in [1.82, 2.24) is 0 Å². The van der Waals surface area contributed by atoms with Gasteiger partial charge in [-0.25, -0.2) is 0 Å². The second-order valence-electron chi connectivity index (χ2n) is 9.93. The molecule has 31 heavy (non-hydrogen) atoms. The van der Waals surface area contributed by atoms with Crippen LogP contribution in [-0.2, 0) is 18.3 Å². The predicted octanol–water partition coefficient (Wildman–Crippen LogP) is 6.52. The summed E-state index contributed by atoms with van der Waals surface area (Å²) in [6.45, 7) is 14.3. The van der Waals surface area contributed by atoms with Crippen molar-refractivity contribution in [1.29, 1.82) is 0 Å². The Kier molecular flexibility index (Phi) is 6.09. The SMILES string of the molecule is Cc1cc(C)c(O)c(Cc2cc(C(C)(C)C)cc(Cc3cc(C)cc(C)c3O)c2O)c1. The molecule has 0 bridgehead atoms. The number of hydrogen-bond donors (Lipinski definition) is 3. The molecular weight excluding hydrogens is 384 g/mol. The van der Waals surface area contributed by atoms with Gasteiger partial charge in [-0.15, -0.1) is 0 Å². The smallest absolute Gasteiger partial charge is 0.122 e. The molecule has 0 aliphatic carbocycles. The van der Waals surface area contributed by atoms with Gasteiger partial charge in [-0.05, 0) is 72.1 Å². The molecule has 3 nitrogen and oxygen atoms in total. The summed E-state index contributed by atoms with van der Waals surface area (Å²) in [4.78, 5) is 0. The first-order chi connectivity index (χ1) is 14.4. The number of rotatable bonds is 4. The molecule has 0 unspecified atom stereocenters. The molecule has 164 valence electrons. The highest BCUT2D eigenvalue weighted by Gasteiger charge is 2.21. The molecule has 0 radical (unpaired) electrons. The standard InChI is InChI=1S/C28H34O3/c1-16-8-18(3)25(29)20(10-16)12-22-14-24(28(5,6)7)15-23(27(22)31)13-21-11-17(2)9-19(4)26(21)30/h8-11,14-15,29-31H,12-13H2,1-7H3. The van der Waals surface area contributed by atoms with E-state index in [-0.39, 0.29) is 22.7 Å². The van der Waals surface area contributed by atoms with Crippen molar-refractivity contribution in [3.8, 4) is 17.2 Å². The average molecular weight is 419 g/mol. The molecule has 0 saturated heterocycles. The molecule has 0 spiro atoms. The van der Waals surface area contributed by atoms with Gasteiger partial charge in [0.25, 0.3) is 0 Å². The lowest BCUT2D eigenvalue weighted by Crippen LogP contribution is -2.13. The lowest BCUT2D eigenvalue weighted by atomic mass is 9.82. The van der Waals surface area contributed by atoms with E-state index in [4.69, 9.17) is 0 Å². The molecule has 3 heteroatoms. The molecule has 3 aromatic carbocycles. The van der Waals surface area contributed by atoms with E-state index in [1.807, 2.05) is 64.1 Å². The number of phenolic OH excluding ortho intramolecular Hbond substituents is 3. The zero-order valence-electron chi connectivity index (χ0n) is 19.7. The molecule has 0 heterocycles. The molecule has 0 atom stereocenters. The van der Waals surface area contributed by atoms with E-state index in [2.05, 4.69) is 20.8 Å². The van der Waals surface area contributed by atoms with E-state index >= 15 is 0 Å². The molecule has 3 N–H and O–H groups in total. The number of aromatic hydroxyl groups is 3. The van der Waals surface area contributed by atoms with Crippen LogP contribution in [0.1, 0.15) is 70.8 Å². The monoisotopic (exact) mass is 418 g/mol. The number of benzene rings is 3. The molecule has 0 aliphatic rings. The Balaban J connectivity index is 2.13. The summed E-state index contributed by atoms with van der Waals surface area (Å²) < 4.78 is 0. The zero-order chi connectivity index (χ0) is 23.1. The average Bonchev–Trinajstić information content (AvgIpc) is 2.65. The van der Waals surface area contributed by atoms with E-state index in [9.17, 15) is 15.3 Å². The number of hydrogen-bond acceptors (Lipinski definition) is 3. The first-order valence-corrected chi connectivity index (χ1v) is 10.8. The van der Waals surface area contributed by atoms with E-state index in [0.29, 0.717) is 12.8 Å². The molecule has 0 fully saturated rings. The van der Waals surface area contributed by atoms with Crippen LogP contribution in [0.4, 0.5) is 0 Å². The van der Waals surface area contributed by atoms with Gasteiger partial charge in [0.15, 0.2) is 0 Å². The van der Waals surface area contributed by atoms with Crippen molar-refractivity contribution in [3.05, 3.63) is 86.5 Å². The maximum Gasteiger partial charge on any atom is 0.122 e. The number of phenols is 3. The van der Waals surface area contributed by atoms with Crippen molar-refractivity contribution in [3.63, 3.8) is 0 Å². The highest BCUT2D eigenvalue weighted by atomic mass is 16.3. The van der Waals surface area contributed by atoms with Crippen LogP contribution in [-0.4, -0.2) is 15.3 Å². The molecule has 0 saturated carbocycles. The van der Waals surface area contributed by atoms with Crippen LogP contribution in [0.15, 0.2) is 36.4 Å². The van der Waals surface area contributed by atoms with E-state index < -0.39 is 0 Å². The van der Waals surface area contributed by atoms with Crippen molar-refractivity contribution < 1.29 is 15.3 Å². The second kappa shape index (κ2) is 8.30. The van der Waals surface area contributed by atoms with Crippen molar-refractivity contribution in [2.75, 3.05) is 0 Å². The fourth-order valence-electron chi connectivity index (χ4n) is 4.24. The van der Waals surface area contributed by atoms with Crippen molar-refractivity contribution in [2.45, 2.75) is 66.7 Å².